The Balaban J connectivity index is 2.13. The number of carbonyl (C=O) groups excluding carboxylic acids is 1. The zero-order chi connectivity index (χ0) is 21.4. The first-order chi connectivity index (χ1) is 14.6. The molecule has 1 aliphatic rings. The molecule has 0 saturated carbocycles. The molecule has 0 saturated heterocycles. The number of benzene rings is 2. The van der Waals surface area contributed by atoms with Crippen LogP contribution in [0.25, 0.3) is 0 Å². The first-order valence-corrected chi connectivity index (χ1v) is 12.0. The summed E-state index contributed by atoms with van der Waals surface area (Å²) in [5.41, 5.74) is 1.24. The molecule has 3 heteroatoms. The van der Waals surface area contributed by atoms with Crippen molar-refractivity contribution >= 4 is 23.8 Å². The number of hydrogen-bond acceptors (Lipinski definition) is 2. The van der Waals surface area contributed by atoms with Crippen LogP contribution in [0.4, 0.5) is 0 Å². The van der Waals surface area contributed by atoms with E-state index in [-0.39, 0.29) is 11.9 Å². The number of hydrogen-bond donors (Lipinski definition) is 0. The normalized spacial score (nSPS) is 16.2. The molecule has 0 radical (unpaired) electrons. The highest BCUT2D eigenvalue weighted by Crippen LogP contribution is 2.64. The van der Waals surface area contributed by atoms with Crippen LogP contribution in [0.1, 0.15) is 6.42 Å². The van der Waals surface area contributed by atoms with Crippen molar-refractivity contribution in [1.29, 1.82) is 0 Å². The smallest absolute Gasteiger partial charge is 0.312 e. The highest BCUT2D eigenvalue weighted by atomic mass is 31.2. The average molecular weight is 415 g/mol. The van der Waals surface area contributed by atoms with Crippen LogP contribution in [0.2, 0.25) is 0 Å². The van der Waals surface area contributed by atoms with E-state index in [1.165, 1.54) is 23.3 Å². The van der Waals surface area contributed by atoms with E-state index in [4.69, 9.17) is 4.74 Å². The van der Waals surface area contributed by atoms with Crippen LogP contribution in [0, 0.1) is 5.92 Å². The molecule has 0 N–H and O–H groups in total. The van der Waals surface area contributed by atoms with Gasteiger partial charge in [-0.1, -0.05) is 79.9 Å². The van der Waals surface area contributed by atoms with E-state index in [0.29, 0.717) is 6.42 Å². The molecule has 30 heavy (non-hydrogen) atoms. The molecule has 0 spiro atoms. The van der Waals surface area contributed by atoms with Gasteiger partial charge in [0.1, 0.15) is 17.9 Å². The molecule has 1 atom stereocenters. The monoisotopic (exact) mass is 415 g/mol. The summed E-state index contributed by atoms with van der Waals surface area (Å²) in [5, 5.41) is 3.64. The zero-order valence-electron chi connectivity index (χ0n) is 17.4. The Labute approximate surface area is 180 Å². The second-order valence-corrected chi connectivity index (χ2v) is 10.8. The molecular formula is C27H28O2P+. The van der Waals surface area contributed by atoms with E-state index in [9.17, 15) is 4.79 Å². The standard InChI is InChI=1S/C27H28O2P/c1-4-5-13-22(2)30(25-16-8-6-9-17-25,26-18-10-7-11-19-26)21-23-14-12-15-24(20-23)27(28)29-3/h4-19,24H,1-2,20-21H2,3H3/q+1/b13-5-. The van der Waals surface area contributed by atoms with Crippen molar-refractivity contribution in [3.63, 3.8) is 0 Å². The summed E-state index contributed by atoms with van der Waals surface area (Å²) in [6.07, 6.45) is 13.4. The molecule has 0 fully saturated rings. The van der Waals surface area contributed by atoms with Gasteiger partial charge in [-0.15, -0.1) is 0 Å². The van der Waals surface area contributed by atoms with Crippen LogP contribution in [0.5, 0.6) is 0 Å². The predicted octanol–water partition coefficient (Wildman–Crippen LogP) is 5.59. The van der Waals surface area contributed by atoms with Gasteiger partial charge < -0.3 is 4.74 Å². The van der Waals surface area contributed by atoms with Gasteiger partial charge in [0.2, 0.25) is 0 Å². The second kappa shape index (κ2) is 10.2. The molecule has 0 aromatic heterocycles. The number of methoxy groups -OCH3 is 1. The fourth-order valence-corrected chi connectivity index (χ4v) is 7.99. The average Bonchev–Trinajstić information content (AvgIpc) is 2.81. The van der Waals surface area contributed by atoms with Crippen molar-refractivity contribution in [1.82, 2.24) is 0 Å². The minimum Gasteiger partial charge on any atom is -0.469 e. The third-order valence-electron chi connectivity index (χ3n) is 5.41. The number of carbonyl (C=O) groups is 1. The Morgan fingerprint density at radius 3 is 2.23 bits per heavy atom. The summed E-state index contributed by atoms with van der Waals surface area (Å²) >= 11 is 0. The summed E-state index contributed by atoms with van der Waals surface area (Å²) in [7, 11) is -0.593. The van der Waals surface area contributed by atoms with E-state index in [1.54, 1.807) is 6.08 Å². The fraction of sp³-hybridized carbons (Fsp3) is 0.148. The largest absolute Gasteiger partial charge is 0.469 e. The minimum atomic E-state index is -2.04. The molecule has 2 aromatic carbocycles. The van der Waals surface area contributed by atoms with Gasteiger partial charge >= 0.3 is 5.97 Å². The first kappa shape index (κ1) is 21.7. The molecular weight excluding hydrogens is 387 g/mol. The maximum atomic E-state index is 12.2. The molecule has 1 aliphatic carbocycles. The summed E-state index contributed by atoms with van der Waals surface area (Å²) in [5.74, 6) is -0.425. The van der Waals surface area contributed by atoms with Crippen LogP contribution in [0.3, 0.4) is 0 Å². The van der Waals surface area contributed by atoms with Crippen LogP contribution in [-0.2, 0) is 9.53 Å². The summed E-state index contributed by atoms with van der Waals surface area (Å²) in [4.78, 5) is 12.2. The lowest BCUT2D eigenvalue weighted by molar-refractivity contribution is -0.143. The SMILES string of the molecule is C=C/C=C\C(=C)[P+](CC1=CC=CC(C(=O)OC)C1)(c1ccccc1)c1ccccc1. The molecule has 0 aliphatic heterocycles. The highest BCUT2D eigenvalue weighted by molar-refractivity contribution is 7.93. The maximum absolute atomic E-state index is 12.2. The van der Waals surface area contributed by atoms with Crippen molar-refractivity contribution in [2.45, 2.75) is 6.42 Å². The van der Waals surface area contributed by atoms with E-state index in [1.807, 2.05) is 30.4 Å². The van der Waals surface area contributed by atoms with Crippen LogP contribution in [-0.4, -0.2) is 19.2 Å². The molecule has 1 unspecified atom stereocenters. The van der Waals surface area contributed by atoms with E-state index in [0.717, 1.165) is 11.5 Å². The second-order valence-electron chi connectivity index (χ2n) is 7.27. The lowest BCUT2D eigenvalue weighted by atomic mass is 9.95. The number of rotatable bonds is 8. The Kier molecular flexibility index (Phi) is 7.38. The summed E-state index contributed by atoms with van der Waals surface area (Å²) in [6.45, 7) is 8.36. The zero-order valence-corrected chi connectivity index (χ0v) is 18.3. The fourth-order valence-electron chi connectivity index (χ4n) is 3.92. The molecule has 2 aromatic rings. The van der Waals surface area contributed by atoms with Crippen molar-refractivity contribution in [3.05, 3.63) is 121 Å². The Morgan fingerprint density at radius 1 is 1.10 bits per heavy atom. The van der Waals surface area contributed by atoms with Crippen LogP contribution < -0.4 is 10.6 Å². The minimum absolute atomic E-state index is 0.189. The molecule has 0 heterocycles. The van der Waals surface area contributed by atoms with Gasteiger partial charge in [-0.05, 0) is 42.3 Å². The third-order valence-corrected chi connectivity index (χ3v) is 9.78. The Morgan fingerprint density at radius 2 is 1.70 bits per heavy atom. The van der Waals surface area contributed by atoms with Crippen molar-refractivity contribution < 1.29 is 9.53 Å². The lowest BCUT2D eigenvalue weighted by Crippen LogP contribution is -2.27. The summed E-state index contributed by atoms with van der Waals surface area (Å²) in [6, 6.07) is 21.2. The van der Waals surface area contributed by atoms with Crippen molar-refractivity contribution in [3.8, 4) is 0 Å². The number of ether oxygens (including phenoxy) is 1. The molecule has 2 nitrogen and oxygen atoms in total. The van der Waals surface area contributed by atoms with Gasteiger partial charge in [0.15, 0.2) is 0 Å². The lowest BCUT2D eigenvalue weighted by Gasteiger charge is -2.30. The van der Waals surface area contributed by atoms with Crippen LogP contribution in [0.15, 0.2) is 121 Å². The van der Waals surface area contributed by atoms with E-state index < -0.39 is 7.26 Å². The summed E-state index contributed by atoms with van der Waals surface area (Å²) < 4.78 is 4.99. The van der Waals surface area contributed by atoms with Crippen LogP contribution >= 0.6 is 7.26 Å². The number of allylic oxidation sites excluding steroid dienone is 7. The van der Waals surface area contributed by atoms with E-state index in [2.05, 4.69) is 73.8 Å². The molecule has 3 rings (SSSR count). The van der Waals surface area contributed by atoms with Gasteiger partial charge in [0, 0.05) is 0 Å². The Hall–Kier alpha value is -2.96. The van der Waals surface area contributed by atoms with Gasteiger partial charge in [0.05, 0.1) is 24.5 Å². The molecule has 0 amide bonds. The molecule has 152 valence electrons. The predicted molar refractivity (Wildman–Crippen MR) is 130 cm³/mol. The van der Waals surface area contributed by atoms with Gasteiger partial charge in [-0.25, -0.2) is 0 Å². The van der Waals surface area contributed by atoms with E-state index >= 15 is 0 Å². The molecule has 0 bridgehead atoms. The highest BCUT2D eigenvalue weighted by Gasteiger charge is 2.46. The van der Waals surface area contributed by atoms with Gasteiger partial charge in [-0.2, -0.15) is 0 Å². The van der Waals surface area contributed by atoms with Gasteiger partial charge in [0.25, 0.3) is 0 Å². The van der Waals surface area contributed by atoms with Crippen molar-refractivity contribution in [2.75, 3.05) is 13.3 Å². The quantitative estimate of drug-likeness (QED) is 0.319. The third kappa shape index (κ3) is 4.61. The number of esters is 1. The Bertz CT molecular complexity index is 945. The maximum Gasteiger partial charge on any atom is 0.312 e. The topological polar surface area (TPSA) is 26.3 Å². The first-order valence-electron chi connectivity index (χ1n) is 10.0. The van der Waals surface area contributed by atoms with Crippen molar-refractivity contribution in [2.24, 2.45) is 5.92 Å². The van der Waals surface area contributed by atoms with Gasteiger partial charge in [-0.3, -0.25) is 4.79 Å².